The van der Waals surface area contributed by atoms with Crippen LogP contribution in [0.15, 0.2) is 29.8 Å². The molecule has 16 heavy (non-hydrogen) atoms. The van der Waals surface area contributed by atoms with Gasteiger partial charge in [0.25, 0.3) is 5.91 Å². The third-order valence-electron chi connectivity index (χ3n) is 1.85. The van der Waals surface area contributed by atoms with Crippen LogP contribution in [0.1, 0.15) is 10.4 Å². The van der Waals surface area contributed by atoms with Gasteiger partial charge in [0.2, 0.25) is 0 Å². The molecular formula is C11H11Cl2NO2. The number of halogens is 2. The number of hydrogen-bond donors (Lipinski definition) is 1. The minimum Gasteiger partial charge on any atom is -0.496 e. The van der Waals surface area contributed by atoms with Gasteiger partial charge in [0.1, 0.15) is 5.75 Å². The molecule has 0 unspecified atom stereocenters. The van der Waals surface area contributed by atoms with Gasteiger partial charge in [0, 0.05) is 10.1 Å². The summed E-state index contributed by atoms with van der Waals surface area (Å²) < 4.78 is 5.05. The molecule has 0 heterocycles. The predicted octanol–water partition coefficient (Wildman–Crippen LogP) is 2.83. The summed E-state index contributed by atoms with van der Waals surface area (Å²) >= 11 is 11.3. The molecule has 0 radical (unpaired) electrons. The second-order valence-corrected chi connectivity index (χ2v) is 4.02. The second kappa shape index (κ2) is 5.77. The van der Waals surface area contributed by atoms with Crippen LogP contribution in [0.2, 0.25) is 5.02 Å². The number of ether oxygens (including phenoxy) is 1. The van der Waals surface area contributed by atoms with Gasteiger partial charge in [0.15, 0.2) is 0 Å². The lowest BCUT2D eigenvalue weighted by Crippen LogP contribution is -2.24. The van der Waals surface area contributed by atoms with E-state index in [4.69, 9.17) is 27.9 Å². The van der Waals surface area contributed by atoms with Crippen molar-refractivity contribution < 1.29 is 9.53 Å². The number of carbonyl (C=O) groups is 1. The van der Waals surface area contributed by atoms with Gasteiger partial charge in [0.05, 0.1) is 19.2 Å². The molecule has 0 aliphatic heterocycles. The van der Waals surface area contributed by atoms with E-state index in [0.29, 0.717) is 21.4 Å². The number of carbonyl (C=O) groups excluding carboxylic acids is 1. The molecule has 86 valence electrons. The van der Waals surface area contributed by atoms with Crippen molar-refractivity contribution in [2.75, 3.05) is 13.7 Å². The van der Waals surface area contributed by atoms with Crippen molar-refractivity contribution in [3.8, 4) is 5.75 Å². The van der Waals surface area contributed by atoms with Crippen LogP contribution < -0.4 is 10.1 Å². The molecule has 0 saturated heterocycles. The summed E-state index contributed by atoms with van der Waals surface area (Å²) in [5.74, 6) is 0.156. The van der Waals surface area contributed by atoms with Crippen LogP contribution in [0.4, 0.5) is 0 Å². The van der Waals surface area contributed by atoms with E-state index in [-0.39, 0.29) is 12.5 Å². The minimum atomic E-state index is -0.304. The van der Waals surface area contributed by atoms with E-state index in [1.165, 1.54) is 13.2 Å². The van der Waals surface area contributed by atoms with Crippen LogP contribution in [0.3, 0.4) is 0 Å². The monoisotopic (exact) mass is 259 g/mol. The fourth-order valence-electron chi connectivity index (χ4n) is 1.13. The summed E-state index contributed by atoms with van der Waals surface area (Å²) in [6.45, 7) is 3.68. The number of nitrogens with one attached hydrogen (secondary N) is 1. The Morgan fingerprint density at radius 2 is 2.25 bits per heavy atom. The minimum absolute atomic E-state index is 0.204. The zero-order valence-corrected chi connectivity index (χ0v) is 10.2. The Balaban J connectivity index is 2.88. The van der Waals surface area contributed by atoms with Crippen molar-refractivity contribution in [2.45, 2.75) is 0 Å². The summed E-state index contributed by atoms with van der Waals surface area (Å²) in [4.78, 5) is 11.7. The third-order valence-corrected chi connectivity index (χ3v) is 2.22. The molecule has 0 atom stereocenters. The maximum Gasteiger partial charge on any atom is 0.255 e. The maximum atomic E-state index is 11.7. The summed E-state index contributed by atoms with van der Waals surface area (Å²) in [6, 6.07) is 4.82. The second-order valence-electron chi connectivity index (χ2n) is 3.04. The van der Waals surface area contributed by atoms with Gasteiger partial charge in [-0.25, -0.2) is 0 Å². The molecular weight excluding hydrogens is 249 g/mol. The lowest BCUT2D eigenvalue weighted by molar-refractivity contribution is 0.0954. The molecule has 1 amide bonds. The largest absolute Gasteiger partial charge is 0.496 e. The van der Waals surface area contributed by atoms with Crippen LogP contribution in [0.5, 0.6) is 5.75 Å². The number of methoxy groups -OCH3 is 1. The number of benzene rings is 1. The Morgan fingerprint density at radius 1 is 1.56 bits per heavy atom. The quantitative estimate of drug-likeness (QED) is 0.903. The van der Waals surface area contributed by atoms with E-state index < -0.39 is 0 Å². The molecule has 5 heteroatoms. The first-order valence-corrected chi connectivity index (χ1v) is 5.25. The van der Waals surface area contributed by atoms with Crippen LogP contribution in [-0.4, -0.2) is 19.6 Å². The highest BCUT2D eigenvalue weighted by atomic mass is 35.5. The van der Waals surface area contributed by atoms with Crippen LogP contribution in [0.25, 0.3) is 0 Å². The van der Waals surface area contributed by atoms with Crippen molar-refractivity contribution in [3.63, 3.8) is 0 Å². The zero-order chi connectivity index (χ0) is 12.1. The molecule has 3 nitrogen and oxygen atoms in total. The summed E-state index contributed by atoms with van der Waals surface area (Å²) in [5.41, 5.74) is 0.368. The van der Waals surface area contributed by atoms with Crippen molar-refractivity contribution in [1.29, 1.82) is 0 Å². The van der Waals surface area contributed by atoms with Crippen molar-refractivity contribution in [1.82, 2.24) is 5.32 Å². The number of rotatable bonds is 4. The molecule has 0 aromatic heterocycles. The first kappa shape index (κ1) is 12.9. The lowest BCUT2D eigenvalue weighted by Gasteiger charge is -2.09. The van der Waals surface area contributed by atoms with E-state index in [1.54, 1.807) is 12.1 Å². The highest BCUT2D eigenvalue weighted by Gasteiger charge is 2.12. The Bertz CT molecular complexity index is 418. The molecule has 1 aromatic rings. The first-order valence-electron chi connectivity index (χ1n) is 4.49. The zero-order valence-electron chi connectivity index (χ0n) is 8.72. The Labute approximate surface area is 104 Å². The molecule has 0 aliphatic rings. The molecule has 0 saturated carbocycles. The van der Waals surface area contributed by atoms with E-state index in [0.717, 1.165) is 0 Å². The van der Waals surface area contributed by atoms with Gasteiger partial charge in [-0.3, -0.25) is 4.79 Å². The Morgan fingerprint density at radius 3 is 2.81 bits per heavy atom. The van der Waals surface area contributed by atoms with Gasteiger partial charge in [-0.05, 0) is 18.2 Å². The third kappa shape index (κ3) is 3.43. The fraction of sp³-hybridized carbons (Fsp3) is 0.182. The van der Waals surface area contributed by atoms with Crippen LogP contribution in [-0.2, 0) is 0 Å². The van der Waals surface area contributed by atoms with Crippen molar-refractivity contribution in [2.24, 2.45) is 0 Å². The first-order chi connectivity index (χ1) is 7.54. The average molecular weight is 260 g/mol. The molecule has 1 rings (SSSR count). The highest BCUT2D eigenvalue weighted by molar-refractivity contribution is 6.31. The number of hydrogen-bond acceptors (Lipinski definition) is 2. The molecule has 1 aromatic carbocycles. The topological polar surface area (TPSA) is 38.3 Å². The van der Waals surface area contributed by atoms with Gasteiger partial charge >= 0.3 is 0 Å². The SMILES string of the molecule is C=C(Cl)CNC(=O)c1cc(Cl)ccc1OC. The fourth-order valence-corrected chi connectivity index (χ4v) is 1.37. The van der Waals surface area contributed by atoms with E-state index >= 15 is 0 Å². The van der Waals surface area contributed by atoms with E-state index in [2.05, 4.69) is 11.9 Å². The highest BCUT2D eigenvalue weighted by Crippen LogP contribution is 2.22. The van der Waals surface area contributed by atoms with Crippen molar-refractivity contribution in [3.05, 3.63) is 40.4 Å². The van der Waals surface area contributed by atoms with Crippen molar-refractivity contribution >= 4 is 29.1 Å². The lowest BCUT2D eigenvalue weighted by atomic mass is 10.2. The Kier molecular flexibility index (Phi) is 4.65. The van der Waals surface area contributed by atoms with Crippen LogP contribution >= 0.6 is 23.2 Å². The van der Waals surface area contributed by atoms with E-state index in [1.807, 2.05) is 0 Å². The predicted molar refractivity (Wildman–Crippen MR) is 65.3 cm³/mol. The maximum absolute atomic E-state index is 11.7. The molecule has 0 bridgehead atoms. The average Bonchev–Trinajstić information content (AvgIpc) is 2.25. The summed E-state index contributed by atoms with van der Waals surface area (Å²) in [7, 11) is 1.49. The molecule has 0 spiro atoms. The summed E-state index contributed by atoms with van der Waals surface area (Å²) in [6.07, 6.45) is 0. The molecule has 0 aliphatic carbocycles. The van der Waals surface area contributed by atoms with Gasteiger partial charge in [-0.2, -0.15) is 0 Å². The van der Waals surface area contributed by atoms with Crippen LogP contribution in [0, 0.1) is 0 Å². The standard InChI is InChI=1S/C11H11Cl2NO2/c1-7(12)6-14-11(15)9-5-8(13)3-4-10(9)16-2/h3-5H,1,6H2,2H3,(H,14,15). The normalized spacial score (nSPS) is 9.69. The van der Waals surface area contributed by atoms with Gasteiger partial charge < -0.3 is 10.1 Å². The Hall–Kier alpha value is -1.19. The van der Waals surface area contributed by atoms with Gasteiger partial charge in [-0.1, -0.05) is 29.8 Å². The smallest absolute Gasteiger partial charge is 0.255 e. The van der Waals surface area contributed by atoms with Gasteiger partial charge in [-0.15, -0.1) is 0 Å². The van der Waals surface area contributed by atoms with E-state index in [9.17, 15) is 4.79 Å². The molecule has 0 fully saturated rings. The number of amides is 1. The summed E-state index contributed by atoms with van der Waals surface area (Å²) in [5, 5.41) is 3.42. The molecule has 1 N–H and O–H groups in total.